The molecule has 1 N–H and O–H groups in total. The van der Waals surface area contributed by atoms with Crippen molar-refractivity contribution in [1.29, 1.82) is 0 Å². The average Bonchev–Trinajstić information content (AvgIpc) is 3.38. The van der Waals surface area contributed by atoms with Gasteiger partial charge in [-0.05, 0) is 48.6 Å². The van der Waals surface area contributed by atoms with E-state index in [1.807, 2.05) is 6.07 Å². The van der Waals surface area contributed by atoms with Gasteiger partial charge in [-0.1, -0.05) is 49.4 Å². The molecule has 2 aromatic rings. The summed E-state index contributed by atoms with van der Waals surface area (Å²) in [5.74, 6) is 1.77. The van der Waals surface area contributed by atoms with Crippen molar-refractivity contribution >= 4 is 0 Å². The maximum atomic E-state index is 5.95. The highest BCUT2D eigenvalue weighted by Gasteiger charge is 2.30. The maximum Gasteiger partial charge on any atom is 0.119 e. The number of ether oxygens (including phenoxy) is 1. The lowest BCUT2D eigenvalue weighted by molar-refractivity contribution is 0.251. The molecular formula is C19H23NO. The monoisotopic (exact) mass is 281 g/mol. The lowest BCUT2D eigenvalue weighted by atomic mass is 10.1. The van der Waals surface area contributed by atoms with Crippen molar-refractivity contribution in [3.63, 3.8) is 0 Å². The van der Waals surface area contributed by atoms with Gasteiger partial charge in [0.15, 0.2) is 0 Å². The van der Waals surface area contributed by atoms with Gasteiger partial charge in [-0.15, -0.1) is 0 Å². The second-order valence-corrected chi connectivity index (χ2v) is 5.70. The zero-order valence-corrected chi connectivity index (χ0v) is 12.6. The number of likely N-dealkylation sites (N-methyl/N-ethyl adjacent to an activating group) is 1. The lowest BCUT2D eigenvalue weighted by Gasteiger charge is -2.18. The van der Waals surface area contributed by atoms with Gasteiger partial charge in [-0.2, -0.15) is 0 Å². The predicted molar refractivity (Wildman–Crippen MR) is 87.6 cm³/mol. The first-order valence-electron chi connectivity index (χ1n) is 7.88. The smallest absolute Gasteiger partial charge is 0.119 e. The number of hydrogen-bond acceptors (Lipinski definition) is 2. The van der Waals surface area contributed by atoms with Crippen molar-refractivity contribution in [2.75, 3.05) is 13.2 Å². The quantitative estimate of drug-likeness (QED) is 0.824. The first-order valence-corrected chi connectivity index (χ1v) is 7.88. The van der Waals surface area contributed by atoms with Gasteiger partial charge in [0.25, 0.3) is 0 Å². The number of rotatable bonds is 7. The minimum absolute atomic E-state index is 0.504. The molecule has 0 saturated heterocycles. The highest BCUT2D eigenvalue weighted by atomic mass is 16.5. The van der Waals surface area contributed by atoms with Crippen LogP contribution in [0.5, 0.6) is 5.75 Å². The van der Waals surface area contributed by atoms with E-state index < -0.39 is 0 Å². The first-order chi connectivity index (χ1) is 10.4. The first kappa shape index (κ1) is 14.2. The Balaban J connectivity index is 1.59. The van der Waals surface area contributed by atoms with E-state index in [4.69, 9.17) is 4.74 Å². The fourth-order valence-corrected chi connectivity index (χ4v) is 2.68. The van der Waals surface area contributed by atoms with Crippen LogP contribution in [0, 0.1) is 5.92 Å². The molecule has 0 aromatic heterocycles. The highest BCUT2D eigenvalue weighted by Crippen LogP contribution is 2.33. The molecular weight excluding hydrogens is 258 g/mol. The van der Waals surface area contributed by atoms with Crippen LogP contribution in [-0.4, -0.2) is 19.2 Å². The van der Waals surface area contributed by atoms with Gasteiger partial charge in [-0.25, -0.2) is 0 Å². The molecule has 1 saturated carbocycles. The van der Waals surface area contributed by atoms with E-state index in [0.717, 1.165) is 24.8 Å². The standard InChI is InChI=1S/C19H23NO/c1-2-20-19(17-8-9-17)14-21-18-12-10-16(11-13-18)15-6-4-3-5-7-15/h3-7,10-13,17,19-20H,2,8-9,14H2,1H3. The van der Waals surface area contributed by atoms with Gasteiger partial charge in [0.2, 0.25) is 0 Å². The molecule has 3 rings (SSSR count). The van der Waals surface area contributed by atoms with Crippen LogP contribution >= 0.6 is 0 Å². The van der Waals surface area contributed by atoms with Gasteiger partial charge in [0.05, 0.1) is 0 Å². The Hall–Kier alpha value is -1.80. The topological polar surface area (TPSA) is 21.3 Å². The van der Waals surface area contributed by atoms with Crippen LogP contribution in [0.4, 0.5) is 0 Å². The molecule has 1 aliphatic rings. The minimum atomic E-state index is 0.504. The number of hydrogen-bond donors (Lipinski definition) is 1. The van der Waals surface area contributed by atoms with Crippen LogP contribution in [-0.2, 0) is 0 Å². The molecule has 1 fully saturated rings. The zero-order chi connectivity index (χ0) is 14.5. The van der Waals surface area contributed by atoms with Crippen molar-refractivity contribution in [2.45, 2.75) is 25.8 Å². The van der Waals surface area contributed by atoms with Crippen LogP contribution in [0.25, 0.3) is 11.1 Å². The van der Waals surface area contributed by atoms with E-state index >= 15 is 0 Å². The van der Waals surface area contributed by atoms with E-state index in [0.29, 0.717) is 6.04 Å². The van der Waals surface area contributed by atoms with Crippen molar-refractivity contribution in [2.24, 2.45) is 5.92 Å². The SMILES string of the molecule is CCNC(COc1ccc(-c2ccccc2)cc1)C1CC1. The fourth-order valence-electron chi connectivity index (χ4n) is 2.68. The van der Waals surface area contributed by atoms with E-state index in [2.05, 4.69) is 60.8 Å². The van der Waals surface area contributed by atoms with Gasteiger partial charge < -0.3 is 10.1 Å². The summed E-state index contributed by atoms with van der Waals surface area (Å²) in [4.78, 5) is 0. The van der Waals surface area contributed by atoms with Crippen LogP contribution in [0.15, 0.2) is 54.6 Å². The summed E-state index contributed by atoms with van der Waals surface area (Å²) >= 11 is 0. The van der Waals surface area contributed by atoms with Gasteiger partial charge in [0, 0.05) is 6.04 Å². The van der Waals surface area contributed by atoms with E-state index in [-0.39, 0.29) is 0 Å². The van der Waals surface area contributed by atoms with Gasteiger partial charge in [-0.3, -0.25) is 0 Å². The van der Waals surface area contributed by atoms with E-state index in [1.165, 1.54) is 24.0 Å². The molecule has 1 aliphatic carbocycles. The largest absolute Gasteiger partial charge is 0.492 e. The lowest BCUT2D eigenvalue weighted by Crippen LogP contribution is -2.36. The summed E-state index contributed by atoms with van der Waals surface area (Å²) in [7, 11) is 0. The average molecular weight is 281 g/mol. The Morgan fingerprint density at radius 3 is 2.29 bits per heavy atom. The Morgan fingerprint density at radius 1 is 1.00 bits per heavy atom. The number of benzene rings is 2. The fraction of sp³-hybridized carbons (Fsp3) is 0.368. The Bertz CT molecular complexity index is 546. The van der Waals surface area contributed by atoms with Crippen molar-refractivity contribution < 1.29 is 4.74 Å². The summed E-state index contributed by atoms with van der Waals surface area (Å²) in [6.45, 7) is 3.94. The third-order valence-corrected chi connectivity index (χ3v) is 4.05. The maximum absolute atomic E-state index is 5.95. The van der Waals surface area contributed by atoms with Crippen LogP contribution in [0.3, 0.4) is 0 Å². The number of nitrogens with one attached hydrogen (secondary N) is 1. The van der Waals surface area contributed by atoms with Crippen LogP contribution in [0.2, 0.25) is 0 Å². The molecule has 2 heteroatoms. The second kappa shape index (κ2) is 6.77. The van der Waals surface area contributed by atoms with Crippen LogP contribution < -0.4 is 10.1 Å². The summed E-state index contributed by atoms with van der Waals surface area (Å²) in [6, 6.07) is 19.3. The molecule has 21 heavy (non-hydrogen) atoms. The Morgan fingerprint density at radius 2 is 1.67 bits per heavy atom. The molecule has 0 radical (unpaired) electrons. The molecule has 0 heterocycles. The summed E-state index contributed by atoms with van der Waals surface area (Å²) < 4.78 is 5.95. The minimum Gasteiger partial charge on any atom is -0.492 e. The van der Waals surface area contributed by atoms with E-state index in [1.54, 1.807) is 0 Å². The van der Waals surface area contributed by atoms with Crippen molar-refractivity contribution in [3.05, 3.63) is 54.6 Å². The third-order valence-electron chi connectivity index (χ3n) is 4.05. The van der Waals surface area contributed by atoms with Gasteiger partial charge in [0.1, 0.15) is 12.4 Å². The molecule has 0 spiro atoms. The molecule has 0 amide bonds. The molecule has 0 aliphatic heterocycles. The summed E-state index contributed by atoms with van der Waals surface area (Å²) in [5.41, 5.74) is 2.47. The summed E-state index contributed by atoms with van der Waals surface area (Å²) in [6.07, 6.45) is 2.68. The van der Waals surface area contributed by atoms with Crippen LogP contribution in [0.1, 0.15) is 19.8 Å². The van der Waals surface area contributed by atoms with Gasteiger partial charge >= 0.3 is 0 Å². The Labute approximate surface area is 127 Å². The van der Waals surface area contributed by atoms with Crippen molar-refractivity contribution in [1.82, 2.24) is 5.32 Å². The zero-order valence-electron chi connectivity index (χ0n) is 12.6. The predicted octanol–water partition coefficient (Wildman–Crippen LogP) is 4.12. The molecule has 110 valence electrons. The normalized spacial score (nSPS) is 15.7. The molecule has 1 atom stereocenters. The second-order valence-electron chi connectivity index (χ2n) is 5.70. The summed E-state index contributed by atoms with van der Waals surface area (Å²) in [5, 5.41) is 3.53. The molecule has 2 nitrogen and oxygen atoms in total. The third kappa shape index (κ3) is 3.85. The molecule has 2 aromatic carbocycles. The van der Waals surface area contributed by atoms with Crippen molar-refractivity contribution in [3.8, 4) is 16.9 Å². The molecule has 0 bridgehead atoms. The molecule has 1 unspecified atom stereocenters. The van der Waals surface area contributed by atoms with E-state index in [9.17, 15) is 0 Å². The highest BCUT2D eigenvalue weighted by molar-refractivity contribution is 5.63. The Kier molecular flexibility index (Phi) is 4.56.